The predicted octanol–water partition coefficient (Wildman–Crippen LogP) is 3.27. The summed E-state index contributed by atoms with van der Waals surface area (Å²) in [5, 5.41) is 8.65. The molecule has 3 aliphatic carbocycles. The second-order valence-corrected chi connectivity index (χ2v) is 7.12. The van der Waals surface area contributed by atoms with Gasteiger partial charge in [-0.2, -0.15) is 5.10 Å². The molecule has 6 rings (SSSR count). The zero-order valence-electron chi connectivity index (χ0n) is 12.5. The molecular weight excluding hydrogens is 258 g/mol. The maximum atomic E-state index is 5.09. The van der Waals surface area contributed by atoms with Crippen LogP contribution in [0.2, 0.25) is 0 Å². The quantitative estimate of drug-likeness (QED) is 0.914. The fourth-order valence-electron chi connectivity index (χ4n) is 4.50. The van der Waals surface area contributed by atoms with Crippen molar-refractivity contribution >= 4 is 0 Å². The normalized spacial score (nSPS) is 33.0. The van der Waals surface area contributed by atoms with Crippen LogP contribution in [0.15, 0.2) is 30.3 Å². The van der Waals surface area contributed by atoms with Gasteiger partial charge in [-0.3, -0.25) is 4.68 Å². The van der Waals surface area contributed by atoms with Crippen LogP contribution in [0.4, 0.5) is 0 Å². The fraction of sp³-hybridized carbons (Fsp3) is 0.500. The van der Waals surface area contributed by atoms with Gasteiger partial charge in [0.25, 0.3) is 0 Å². The van der Waals surface area contributed by atoms with Gasteiger partial charge in [0, 0.05) is 17.2 Å². The third-order valence-electron chi connectivity index (χ3n) is 5.75. The Morgan fingerprint density at radius 3 is 2.62 bits per heavy atom. The first-order valence-electron chi connectivity index (χ1n) is 8.18. The summed E-state index contributed by atoms with van der Waals surface area (Å²) in [6, 6.07) is 11.3. The van der Waals surface area contributed by atoms with Gasteiger partial charge < -0.3 is 5.32 Å². The summed E-state index contributed by atoms with van der Waals surface area (Å²) in [6.07, 6.45) is 5.13. The Balaban J connectivity index is 1.74. The summed E-state index contributed by atoms with van der Waals surface area (Å²) in [5.74, 6) is 0.977. The van der Waals surface area contributed by atoms with Crippen LogP contribution in [-0.4, -0.2) is 16.3 Å². The summed E-state index contributed by atoms with van der Waals surface area (Å²) in [5.41, 5.74) is 5.86. The standard InChI is InChI=1S/C18H21N3/c1-12-16-15(7-8-19-12)17(14-5-3-2-4-6-14)21(20-16)18-9-13(10-18)11-18/h2-6,12-13,19H,7-11H2,1H3. The molecule has 0 saturated heterocycles. The molecule has 0 radical (unpaired) electrons. The maximum absolute atomic E-state index is 5.09. The van der Waals surface area contributed by atoms with Crippen molar-refractivity contribution in [2.75, 3.05) is 6.54 Å². The average Bonchev–Trinajstić information content (AvgIpc) is 2.77. The van der Waals surface area contributed by atoms with Gasteiger partial charge in [0.1, 0.15) is 0 Å². The predicted molar refractivity (Wildman–Crippen MR) is 83.1 cm³/mol. The van der Waals surface area contributed by atoms with Gasteiger partial charge in [0.05, 0.1) is 16.9 Å². The van der Waals surface area contributed by atoms with Crippen molar-refractivity contribution in [1.29, 1.82) is 0 Å². The number of nitrogens with one attached hydrogen (secondary N) is 1. The van der Waals surface area contributed by atoms with Gasteiger partial charge >= 0.3 is 0 Å². The van der Waals surface area contributed by atoms with E-state index < -0.39 is 0 Å². The van der Waals surface area contributed by atoms with Crippen LogP contribution in [0, 0.1) is 5.92 Å². The van der Waals surface area contributed by atoms with Gasteiger partial charge in [-0.15, -0.1) is 0 Å². The molecule has 0 spiro atoms. The van der Waals surface area contributed by atoms with Crippen molar-refractivity contribution in [3.05, 3.63) is 41.6 Å². The zero-order chi connectivity index (χ0) is 14.0. The number of benzene rings is 1. The van der Waals surface area contributed by atoms with Crippen molar-refractivity contribution in [3.8, 4) is 11.3 Å². The fourth-order valence-corrected chi connectivity index (χ4v) is 4.50. The summed E-state index contributed by atoms with van der Waals surface area (Å²) >= 11 is 0. The van der Waals surface area contributed by atoms with Gasteiger partial charge in [0.2, 0.25) is 0 Å². The highest BCUT2D eigenvalue weighted by molar-refractivity contribution is 5.66. The van der Waals surface area contributed by atoms with Crippen LogP contribution in [0.5, 0.6) is 0 Å². The van der Waals surface area contributed by atoms with E-state index in [1.165, 1.54) is 41.8 Å². The van der Waals surface area contributed by atoms with Gasteiger partial charge in [-0.25, -0.2) is 0 Å². The molecule has 108 valence electrons. The Bertz CT molecular complexity index is 684. The molecule has 3 fully saturated rings. The van der Waals surface area contributed by atoms with Crippen molar-refractivity contribution < 1.29 is 0 Å². The molecule has 2 bridgehead atoms. The third kappa shape index (κ3) is 1.50. The van der Waals surface area contributed by atoms with Gasteiger partial charge in [0.15, 0.2) is 0 Å². The monoisotopic (exact) mass is 279 g/mol. The molecule has 3 nitrogen and oxygen atoms in total. The Morgan fingerprint density at radius 1 is 1.19 bits per heavy atom. The van der Waals surface area contributed by atoms with E-state index in [0.717, 1.165) is 18.9 Å². The first-order valence-corrected chi connectivity index (χ1v) is 8.18. The molecule has 1 aliphatic heterocycles. The first kappa shape index (κ1) is 12.0. The third-order valence-corrected chi connectivity index (χ3v) is 5.75. The summed E-state index contributed by atoms with van der Waals surface area (Å²) in [6.45, 7) is 3.31. The molecule has 1 atom stereocenters. The van der Waals surface area contributed by atoms with E-state index in [2.05, 4.69) is 47.3 Å². The number of rotatable bonds is 2. The molecule has 2 aromatic rings. The molecule has 3 heteroatoms. The van der Waals surface area contributed by atoms with E-state index in [4.69, 9.17) is 5.10 Å². The maximum Gasteiger partial charge on any atom is 0.0830 e. The Kier molecular flexibility index (Phi) is 2.27. The molecule has 3 saturated carbocycles. The smallest absolute Gasteiger partial charge is 0.0830 e. The highest BCUT2D eigenvalue weighted by atomic mass is 15.4. The number of nitrogens with zero attached hydrogens (tertiary/aromatic N) is 2. The highest BCUT2D eigenvalue weighted by Crippen LogP contribution is 2.63. The molecule has 2 heterocycles. The van der Waals surface area contributed by atoms with E-state index in [1.54, 1.807) is 0 Å². The van der Waals surface area contributed by atoms with Crippen LogP contribution in [0.1, 0.15) is 43.5 Å². The van der Waals surface area contributed by atoms with Crippen molar-refractivity contribution in [3.63, 3.8) is 0 Å². The summed E-state index contributed by atoms with van der Waals surface area (Å²) in [4.78, 5) is 0. The first-order chi connectivity index (χ1) is 10.3. The second-order valence-electron chi connectivity index (χ2n) is 7.12. The van der Waals surface area contributed by atoms with Crippen LogP contribution in [0.3, 0.4) is 0 Å². The minimum absolute atomic E-state index is 0.354. The average molecular weight is 279 g/mol. The van der Waals surface area contributed by atoms with E-state index in [0.29, 0.717) is 11.6 Å². The molecular formula is C18H21N3. The summed E-state index contributed by atoms with van der Waals surface area (Å²) in [7, 11) is 0. The molecule has 1 N–H and O–H groups in total. The zero-order valence-corrected chi connectivity index (χ0v) is 12.5. The van der Waals surface area contributed by atoms with Crippen LogP contribution < -0.4 is 5.32 Å². The van der Waals surface area contributed by atoms with E-state index in [9.17, 15) is 0 Å². The molecule has 0 amide bonds. The Labute approximate surface area is 125 Å². The number of aromatic nitrogens is 2. The van der Waals surface area contributed by atoms with Crippen molar-refractivity contribution in [2.24, 2.45) is 5.92 Å². The molecule has 21 heavy (non-hydrogen) atoms. The SMILES string of the molecule is CC1NCCc2c1nn(C13CC(C1)C3)c2-c1ccccc1. The lowest BCUT2D eigenvalue weighted by molar-refractivity contribution is -0.0967. The molecule has 1 aromatic carbocycles. The van der Waals surface area contributed by atoms with E-state index in [1.807, 2.05) is 0 Å². The van der Waals surface area contributed by atoms with Crippen LogP contribution >= 0.6 is 0 Å². The minimum Gasteiger partial charge on any atom is -0.308 e. The van der Waals surface area contributed by atoms with Gasteiger partial charge in [-0.1, -0.05) is 30.3 Å². The second kappa shape index (κ2) is 3.98. The lowest BCUT2D eigenvalue weighted by Crippen LogP contribution is -2.59. The summed E-state index contributed by atoms with van der Waals surface area (Å²) < 4.78 is 2.41. The van der Waals surface area contributed by atoms with E-state index >= 15 is 0 Å². The van der Waals surface area contributed by atoms with Crippen molar-refractivity contribution in [2.45, 2.75) is 44.2 Å². The number of hydrogen-bond acceptors (Lipinski definition) is 2. The number of hydrogen-bond donors (Lipinski definition) is 1. The van der Waals surface area contributed by atoms with Crippen LogP contribution in [-0.2, 0) is 12.0 Å². The lowest BCUT2D eigenvalue weighted by atomic mass is 9.50. The van der Waals surface area contributed by atoms with Crippen molar-refractivity contribution in [1.82, 2.24) is 15.1 Å². The molecule has 1 aromatic heterocycles. The van der Waals surface area contributed by atoms with E-state index in [-0.39, 0.29) is 0 Å². The Hall–Kier alpha value is -1.61. The topological polar surface area (TPSA) is 29.9 Å². The Morgan fingerprint density at radius 2 is 1.95 bits per heavy atom. The van der Waals surface area contributed by atoms with Gasteiger partial charge in [-0.05, 0) is 45.1 Å². The van der Waals surface area contributed by atoms with Crippen LogP contribution in [0.25, 0.3) is 11.3 Å². The number of fused-ring (bicyclic) bond motifs is 1. The minimum atomic E-state index is 0.354. The highest BCUT2D eigenvalue weighted by Gasteiger charge is 2.59. The molecule has 4 aliphatic rings. The lowest BCUT2D eigenvalue weighted by Gasteiger charge is -2.61. The molecule has 1 unspecified atom stereocenters. The largest absolute Gasteiger partial charge is 0.308 e.